The predicted molar refractivity (Wildman–Crippen MR) is 501 cm³/mol. The zero-order chi connectivity index (χ0) is 78.9. The van der Waals surface area contributed by atoms with E-state index in [0.29, 0.717) is 34.9 Å². The molecule has 0 radical (unpaired) electrons. The van der Waals surface area contributed by atoms with Gasteiger partial charge >= 0.3 is 0 Å². The van der Waals surface area contributed by atoms with Crippen LogP contribution in [0.15, 0.2) is 400 Å². The summed E-state index contributed by atoms with van der Waals surface area (Å²) in [6, 6.07) is 142. The Balaban J connectivity index is 0.000000137. The highest BCUT2D eigenvalue weighted by atomic mass is 32.1. The predicted octanol–water partition coefficient (Wildman–Crippen LogP) is 28.5. The van der Waals surface area contributed by atoms with Gasteiger partial charge in [0.2, 0.25) is 0 Å². The molecule has 12 heteroatoms. The second-order valence-corrected chi connectivity index (χ2v) is 32.5. The molecule has 0 aliphatic rings. The quantitative estimate of drug-likeness (QED) is 0.128. The first kappa shape index (κ1) is 68.8. The Morgan fingerprint density at radius 1 is 0.158 bits per heavy atom. The number of fused-ring (bicyclic) bond motifs is 18. The van der Waals surface area contributed by atoms with Gasteiger partial charge in [0.25, 0.3) is 0 Å². The molecule has 25 rings (SSSR count). The number of para-hydroxylation sites is 6. The molecule has 560 valence electrons. The normalized spacial score (nSPS) is 11.8. The highest BCUT2D eigenvalue weighted by Gasteiger charge is 2.24. The monoisotopic (exact) mass is 1570 g/mol. The molecule has 0 saturated heterocycles. The average Bonchev–Trinajstić information content (AvgIpc) is 1.58. The van der Waals surface area contributed by atoms with Gasteiger partial charge in [-0.05, 0) is 151 Å². The third-order valence-corrected chi connectivity index (χ3v) is 26.1. The van der Waals surface area contributed by atoms with Crippen molar-refractivity contribution < 1.29 is 0 Å². The van der Waals surface area contributed by atoms with Crippen molar-refractivity contribution in [1.29, 1.82) is 0 Å². The lowest BCUT2D eigenvalue weighted by molar-refractivity contribution is 1.07. The second-order valence-electron chi connectivity index (χ2n) is 30.4. The van der Waals surface area contributed by atoms with Crippen molar-refractivity contribution in [3.63, 3.8) is 0 Å². The summed E-state index contributed by atoms with van der Waals surface area (Å²) in [5, 5.41) is 14.8. The summed E-state index contributed by atoms with van der Waals surface area (Å²) >= 11 is 3.59. The van der Waals surface area contributed by atoms with Crippen LogP contribution in [0.25, 0.3) is 230 Å². The molecule has 25 aromatic rings. The Morgan fingerprint density at radius 2 is 0.417 bits per heavy atom. The first-order chi connectivity index (χ1) is 59.5. The molecule has 0 aliphatic heterocycles. The molecular weight excluding hydrogens is 1500 g/mol. The van der Waals surface area contributed by atoms with Gasteiger partial charge in [-0.15, -0.1) is 22.7 Å². The van der Waals surface area contributed by atoms with Crippen molar-refractivity contribution in [1.82, 2.24) is 48.2 Å². The minimum Gasteiger partial charge on any atom is -0.309 e. The fraction of sp³-hybridized carbons (Fsp3) is 0. The zero-order valence-corrected chi connectivity index (χ0v) is 66.0. The van der Waals surface area contributed by atoms with E-state index in [0.717, 1.165) is 82.9 Å². The molecule has 0 unspecified atom stereocenters. The van der Waals surface area contributed by atoms with E-state index in [1.54, 1.807) is 22.7 Å². The van der Waals surface area contributed by atoms with Gasteiger partial charge in [0.15, 0.2) is 34.9 Å². The van der Waals surface area contributed by atoms with Gasteiger partial charge in [-0.25, -0.2) is 29.9 Å². The van der Waals surface area contributed by atoms with E-state index >= 15 is 0 Å². The summed E-state index contributed by atoms with van der Waals surface area (Å²) in [7, 11) is 0. The summed E-state index contributed by atoms with van der Waals surface area (Å²) in [6.45, 7) is 0. The molecule has 0 spiro atoms. The maximum atomic E-state index is 5.25. The number of thiophene rings is 2. The van der Waals surface area contributed by atoms with Crippen LogP contribution in [0.5, 0.6) is 0 Å². The minimum absolute atomic E-state index is 0.631. The van der Waals surface area contributed by atoms with E-state index in [9.17, 15) is 0 Å². The van der Waals surface area contributed by atoms with Crippen molar-refractivity contribution in [2.45, 2.75) is 0 Å². The van der Waals surface area contributed by atoms with E-state index in [1.807, 2.05) is 36.4 Å². The lowest BCUT2D eigenvalue weighted by Crippen LogP contribution is -2.00. The number of aromatic nitrogens is 10. The van der Waals surface area contributed by atoms with Crippen molar-refractivity contribution in [2.24, 2.45) is 0 Å². The van der Waals surface area contributed by atoms with Crippen LogP contribution >= 0.6 is 22.7 Å². The number of hydrogen-bond donors (Lipinski definition) is 0. The Labute approximate surface area is 696 Å². The molecular formula is C108H66N10S2. The zero-order valence-electron chi connectivity index (χ0n) is 64.4. The fourth-order valence-electron chi connectivity index (χ4n) is 18.1. The SMILES string of the molecule is c1ccc(-c2nc(-c3ccc(-n4c5ccccc5c5cc(-n6c7ccccc7c7ccccc76)ccc54)cc3)nc(-c3cccc4c3sc3c(-c5ccccc5)cccc34)n2)cc1.c1ccc(-c2nc(-c3ccc(-n4c5ccccc5c5cc(-n6c7ccccc7c7ccccc76)ccc54)cc3)nc(-c3cccc4c3sc3ccccc34)n2)cc1. The van der Waals surface area contributed by atoms with Crippen LogP contribution in [-0.4, -0.2) is 48.2 Å². The molecule has 120 heavy (non-hydrogen) atoms. The Bertz CT molecular complexity index is 8300. The first-order valence-corrected chi connectivity index (χ1v) is 41.9. The van der Waals surface area contributed by atoms with E-state index in [2.05, 4.69) is 382 Å². The molecule has 0 saturated carbocycles. The van der Waals surface area contributed by atoms with Gasteiger partial charge in [-0.3, -0.25) is 0 Å². The molecule has 8 aromatic heterocycles. The van der Waals surface area contributed by atoms with Crippen molar-refractivity contribution in [3.8, 4) is 102 Å². The van der Waals surface area contributed by atoms with Gasteiger partial charge in [-0.2, -0.15) is 0 Å². The molecule has 0 N–H and O–H groups in total. The van der Waals surface area contributed by atoms with Crippen LogP contribution in [0, 0.1) is 0 Å². The van der Waals surface area contributed by atoms with Crippen LogP contribution in [-0.2, 0) is 0 Å². The molecule has 0 amide bonds. The highest BCUT2D eigenvalue weighted by molar-refractivity contribution is 7.27. The van der Waals surface area contributed by atoms with E-state index < -0.39 is 0 Å². The summed E-state index contributed by atoms with van der Waals surface area (Å²) < 4.78 is 14.4. The van der Waals surface area contributed by atoms with Crippen LogP contribution in [0.2, 0.25) is 0 Å². The fourth-order valence-corrected chi connectivity index (χ4v) is 20.7. The minimum atomic E-state index is 0.631. The van der Waals surface area contributed by atoms with E-state index in [4.69, 9.17) is 29.9 Å². The molecule has 17 aromatic carbocycles. The lowest BCUT2D eigenvalue weighted by atomic mass is 10.0. The number of rotatable bonds is 11. The summed E-state index contributed by atoms with van der Waals surface area (Å²) in [5.74, 6) is 3.89. The van der Waals surface area contributed by atoms with Crippen LogP contribution in [0.4, 0.5) is 0 Å². The number of nitrogens with zero attached hydrogens (tertiary/aromatic N) is 10. The topological polar surface area (TPSA) is 97.1 Å². The Hall–Kier alpha value is -15.6. The average molecular weight is 1570 g/mol. The largest absolute Gasteiger partial charge is 0.309 e. The Kier molecular flexibility index (Phi) is 16.1. The third-order valence-electron chi connectivity index (χ3n) is 23.6. The van der Waals surface area contributed by atoms with Gasteiger partial charge < -0.3 is 18.3 Å². The van der Waals surface area contributed by atoms with Crippen LogP contribution in [0.3, 0.4) is 0 Å². The molecule has 0 bridgehead atoms. The van der Waals surface area contributed by atoms with Crippen molar-refractivity contribution in [2.75, 3.05) is 0 Å². The van der Waals surface area contributed by atoms with Crippen LogP contribution in [0.1, 0.15) is 0 Å². The highest BCUT2D eigenvalue weighted by Crippen LogP contribution is 2.47. The molecule has 0 atom stereocenters. The summed E-state index contributed by atoms with van der Waals surface area (Å²) in [5.41, 5.74) is 22.0. The lowest BCUT2D eigenvalue weighted by Gasteiger charge is -2.12. The van der Waals surface area contributed by atoms with Gasteiger partial charge in [0.05, 0.1) is 44.1 Å². The molecule has 8 heterocycles. The van der Waals surface area contributed by atoms with Crippen molar-refractivity contribution in [3.05, 3.63) is 400 Å². The molecule has 0 aliphatic carbocycles. The van der Waals surface area contributed by atoms with Gasteiger partial charge in [0.1, 0.15) is 0 Å². The number of benzene rings is 17. The standard InChI is InChI=1S/C57H35N5S.C51H31N5S/c1-3-15-36(16-4-1)41-22-13-23-45-46-24-14-25-47(54(46)63-53(41)45)57-59-55(37-17-5-2-6-18-37)58-56(60-57)38-29-31-39(32-30-38)61-51-28-12-9-21-44(51)48-35-40(33-34-52(48)61)62-49-26-10-7-19-42(49)43-20-8-11-27-50(43)62;1-2-13-32(14-3-1)49-52-50(54-51(53-49)41-20-12-19-40-39-18-7-11-24-47(39)57-48(40)41)33-25-27-34(28-26-33)55-45-23-10-6-17-38(45)42-31-35(29-30-46(42)55)56-43-21-8-4-15-36(43)37-16-5-9-22-44(37)56/h1-35H;1-31H. The van der Waals surface area contributed by atoms with E-state index in [1.165, 1.54) is 112 Å². The van der Waals surface area contributed by atoms with Crippen molar-refractivity contribution >= 4 is 150 Å². The Morgan fingerprint density at radius 3 is 0.808 bits per heavy atom. The van der Waals surface area contributed by atoms with E-state index in [-0.39, 0.29) is 0 Å². The maximum Gasteiger partial charge on any atom is 0.165 e. The number of hydrogen-bond acceptors (Lipinski definition) is 8. The second kappa shape index (κ2) is 28.1. The maximum absolute atomic E-state index is 5.25. The molecule has 0 fully saturated rings. The van der Waals surface area contributed by atoms with Gasteiger partial charge in [0, 0.05) is 140 Å². The van der Waals surface area contributed by atoms with Crippen LogP contribution < -0.4 is 0 Å². The first-order valence-electron chi connectivity index (χ1n) is 40.3. The molecule has 10 nitrogen and oxygen atoms in total. The summed E-state index contributed by atoms with van der Waals surface area (Å²) in [4.78, 5) is 30.8. The smallest absolute Gasteiger partial charge is 0.165 e. The summed E-state index contributed by atoms with van der Waals surface area (Å²) in [6.07, 6.45) is 0. The van der Waals surface area contributed by atoms with Gasteiger partial charge in [-0.1, -0.05) is 261 Å². The third kappa shape index (κ3) is 11.3.